The minimum atomic E-state index is -5.58. The highest BCUT2D eigenvalue weighted by molar-refractivity contribution is 6.76. The quantitative estimate of drug-likeness (QED) is 0.0617. The van der Waals surface area contributed by atoms with Gasteiger partial charge >= 0.3 is 18.2 Å². The minimum Gasteiger partial charge on any atom is -0.496 e. The molecule has 276 valence electrons. The number of benzene rings is 2. The number of hydrogen-bond acceptors (Lipinski definition) is 9. The number of fused-ring (bicyclic) bond motifs is 2. The van der Waals surface area contributed by atoms with E-state index in [9.17, 15) is 14.9 Å². The Labute approximate surface area is 294 Å². The van der Waals surface area contributed by atoms with Crippen LogP contribution in [0.2, 0.25) is 25.7 Å². The second kappa shape index (κ2) is 14.6. The number of halogens is 4. The van der Waals surface area contributed by atoms with Gasteiger partial charge in [0.05, 0.1) is 47.5 Å². The number of aromatic nitrogens is 3. The Morgan fingerprint density at radius 3 is 2.35 bits per heavy atom. The molecule has 0 radical (unpaired) electrons. The molecule has 0 amide bonds. The molecule has 51 heavy (non-hydrogen) atoms. The molecule has 2 unspecified atom stereocenters. The maximum atomic E-state index is 16.3. The number of alkyl halides is 4. The van der Waals surface area contributed by atoms with Gasteiger partial charge in [-0.1, -0.05) is 19.6 Å². The first kappa shape index (κ1) is 39.3. The Bertz CT molecular complexity index is 1970. The summed E-state index contributed by atoms with van der Waals surface area (Å²) >= 11 is 0. The molecule has 0 spiro atoms. The van der Waals surface area contributed by atoms with Crippen molar-refractivity contribution < 1.29 is 50.8 Å². The van der Waals surface area contributed by atoms with E-state index in [0.717, 1.165) is 16.2 Å². The van der Waals surface area contributed by atoms with Crippen molar-refractivity contribution in [1.82, 2.24) is 14.1 Å². The van der Waals surface area contributed by atoms with Gasteiger partial charge in [-0.15, -0.1) is 0 Å². The molecular weight excluding hydrogens is 692 g/mol. The van der Waals surface area contributed by atoms with Gasteiger partial charge < -0.3 is 28.3 Å². The highest BCUT2D eigenvalue weighted by Gasteiger charge is 2.65. The van der Waals surface area contributed by atoms with Gasteiger partial charge in [0.2, 0.25) is 0 Å². The largest absolute Gasteiger partial charge is 0.496 e. The third-order valence-electron chi connectivity index (χ3n) is 7.85. The van der Waals surface area contributed by atoms with Crippen LogP contribution in [0.4, 0.5) is 22.4 Å². The molecule has 0 aliphatic carbocycles. The van der Waals surface area contributed by atoms with Crippen LogP contribution < -0.4 is 4.74 Å². The molecule has 11 nitrogen and oxygen atoms in total. The Balaban J connectivity index is 2.18. The van der Waals surface area contributed by atoms with E-state index in [1.54, 1.807) is 27.7 Å². The summed E-state index contributed by atoms with van der Waals surface area (Å²) in [4.78, 5) is 30.4. The van der Waals surface area contributed by atoms with Crippen molar-refractivity contribution in [3.05, 3.63) is 59.0 Å². The number of ether oxygens (including phenoxy) is 5. The van der Waals surface area contributed by atoms with E-state index in [2.05, 4.69) is 24.6 Å². The summed E-state index contributed by atoms with van der Waals surface area (Å²) in [7, 11) is -0.518. The van der Waals surface area contributed by atoms with Gasteiger partial charge in [0.1, 0.15) is 18.1 Å². The van der Waals surface area contributed by atoms with Crippen LogP contribution in [0.3, 0.4) is 0 Å². The summed E-state index contributed by atoms with van der Waals surface area (Å²) in [5.74, 6) is -3.04. The van der Waals surface area contributed by atoms with Gasteiger partial charge in [0, 0.05) is 26.3 Å². The third-order valence-corrected chi connectivity index (χ3v) is 9.55. The van der Waals surface area contributed by atoms with Crippen LogP contribution in [0.25, 0.3) is 21.9 Å². The lowest BCUT2D eigenvalue weighted by Gasteiger charge is -2.37. The average Bonchev–Trinajstić information content (AvgIpc) is 3.62. The van der Waals surface area contributed by atoms with Crippen LogP contribution in [0, 0.1) is 18.3 Å². The summed E-state index contributed by atoms with van der Waals surface area (Å²) in [6.07, 6.45) is -8.54. The lowest BCUT2D eigenvalue weighted by Crippen LogP contribution is -2.51. The van der Waals surface area contributed by atoms with Crippen LogP contribution in [-0.2, 0) is 36.1 Å². The Morgan fingerprint density at radius 1 is 1.10 bits per heavy atom. The normalized spacial score (nSPS) is 14.3. The van der Waals surface area contributed by atoms with E-state index in [1.165, 1.54) is 43.5 Å². The van der Waals surface area contributed by atoms with E-state index < -0.39 is 67.7 Å². The molecule has 2 aromatic heterocycles. The molecule has 0 saturated carbocycles. The fourth-order valence-electron chi connectivity index (χ4n) is 5.60. The van der Waals surface area contributed by atoms with Crippen LogP contribution >= 0.6 is 0 Å². The van der Waals surface area contributed by atoms with Gasteiger partial charge in [0.15, 0.2) is 5.82 Å². The molecule has 0 N–H and O–H groups in total. The van der Waals surface area contributed by atoms with Crippen molar-refractivity contribution in [2.75, 3.05) is 20.3 Å². The SMILES string of the molecule is CCOC(=O)C(F)OC(c1c(OC)cc(C)c2c1ccn2C(=O)OC(C)(C)C)(c1nc2cc(C#N)ccc2n1COCC[Si](C)(C)C)C(F)(F)F. The molecule has 4 aromatic rings. The standard InChI is InChI=1S/C35H42F4N4O7Si/c1-10-48-30(44)29(36)49-34(35(37,38)39,27-23-13-14-42(32(45)50-33(3,4)5)28(23)21(2)17-26(27)46-6)31-41-24-18-22(19-40)11-12-25(24)43(31)20-47-15-16-51(7,8)9/h11-14,17-18,29H,10,15-16,20H2,1-9H3. The van der Waals surface area contributed by atoms with Crippen molar-refractivity contribution in [2.45, 2.75) is 90.8 Å². The van der Waals surface area contributed by atoms with Gasteiger partial charge in [0.25, 0.3) is 12.0 Å². The van der Waals surface area contributed by atoms with Gasteiger partial charge in [-0.3, -0.25) is 4.57 Å². The first-order chi connectivity index (χ1) is 23.7. The number of esters is 1. The lowest BCUT2D eigenvalue weighted by atomic mass is 9.86. The Morgan fingerprint density at radius 2 is 1.78 bits per heavy atom. The molecule has 16 heteroatoms. The molecular formula is C35H42F4N4O7Si. The zero-order chi connectivity index (χ0) is 38.1. The highest BCUT2D eigenvalue weighted by Crippen LogP contribution is 2.54. The second-order valence-corrected chi connectivity index (χ2v) is 19.7. The number of methoxy groups -OCH3 is 1. The smallest absolute Gasteiger partial charge is 0.429 e. The van der Waals surface area contributed by atoms with Gasteiger partial charge in [-0.05, 0) is 76.6 Å². The van der Waals surface area contributed by atoms with Gasteiger partial charge in [-0.25, -0.2) is 19.0 Å². The van der Waals surface area contributed by atoms with Crippen molar-refractivity contribution in [3.63, 3.8) is 0 Å². The predicted octanol–water partition coefficient (Wildman–Crippen LogP) is 7.96. The van der Waals surface area contributed by atoms with Crippen molar-refractivity contribution in [3.8, 4) is 11.8 Å². The van der Waals surface area contributed by atoms with Crippen LogP contribution in [0.15, 0.2) is 36.5 Å². The van der Waals surface area contributed by atoms with E-state index >= 15 is 17.6 Å². The Hall–Kier alpha value is -4.46. The molecule has 2 heterocycles. The maximum Gasteiger partial charge on any atom is 0.429 e. The number of aryl methyl sites for hydroxylation is 1. The van der Waals surface area contributed by atoms with E-state index in [1.807, 2.05) is 6.07 Å². The highest BCUT2D eigenvalue weighted by atomic mass is 28.3. The molecule has 0 aliphatic heterocycles. The lowest BCUT2D eigenvalue weighted by molar-refractivity contribution is -0.297. The molecule has 0 aliphatic rings. The summed E-state index contributed by atoms with van der Waals surface area (Å²) < 4.78 is 94.1. The van der Waals surface area contributed by atoms with Crippen LogP contribution in [-0.4, -0.2) is 72.7 Å². The molecule has 2 atom stereocenters. The monoisotopic (exact) mass is 734 g/mol. The summed E-state index contributed by atoms with van der Waals surface area (Å²) in [5.41, 5.74) is -5.25. The van der Waals surface area contributed by atoms with E-state index in [0.29, 0.717) is 11.6 Å². The van der Waals surface area contributed by atoms with Gasteiger partial charge in [-0.2, -0.15) is 18.4 Å². The second-order valence-electron chi connectivity index (χ2n) is 14.1. The summed E-state index contributed by atoms with van der Waals surface area (Å²) in [6.45, 7) is 13.5. The van der Waals surface area contributed by atoms with Crippen molar-refractivity contribution in [2.24, 2.45) is 0 Å². The average molecular weight is 735 g/mol. The number of hydrogen-bond donors (Lipinski definition) is 0. The van der Waals surface area contributed by atoms with Crippen LogP contribution in [0.1, 0.15) is 50.2 Å². The van der Waals surface area contributed by atoms with E-state index in [-0.39, 0.29) is 40.7 Å². The number of carbonyl (C=O) groups is 2. The number of nitrogens with zero attached hydrogens (tertiary/aromatic N) is 4. The fourth-order valence-corrected chi connectivity index (χ4v) is 6.35. The first-order valence-corrected chi connectivity index (χ1v) is 19.9. The predicted molar refractivity (Wildman–Crippen MR) is 183 cm³/mol. The number of rotatable bonds is 12. The minimum absolute atomic E-state index is 0.0235. The number of nitriles is 1. The maximum absolute atomic E-state index is 16.3. The zero-order valence-corrected chi connectivity index (χ0v) is 31.0. The molecule has 0 saturated heterocycles. The molecule has 0 bridgehead atoms. The number of imidazole rings is 1. The Kier molecular flexibility index (Phi) is 11.3. The van der Waals surface area contributed by atoms with E-state index in [4.69, 9.17) is 23.7 Å². The molecule has 2 aromatic carbocycles. The topological polar surface area (TPSA) is 127 Å². The van der Waals surface area contributed by atoms with Crippen molar-refractivity contribution in [1.29, 1.82) is 5.26 Å². The third kappa shape index (κ3) is 8.05. The fraction of sp³-hybridized carbons (Fsp3) is 0.486. The van der Waals surface area contributed by atoms with Crippen molar-refractivity contribution >= 4 is 42.1 Å². The molecule has 0 fully saturated rings. The first-order valence-electron chi connectivity index (χ1n) is 16.2. The van der Waals surface area contributed by atoms with Crippen LogP contribution in [0.5, 0.6) is 5.75 Å². The molecule has 4 rings (SSSR count). The summed E-state index contributed by atoms with van der Waals surface area (Å²) in [5, 5.41) is 9.35. The summed E-state index contributed by atoms with van der Waals surface area (Å²) in [6, 6.07) is 9.14. The zero-order valence-electron chi connectivity index (χ0n) is 30.0. The number of carbonyl (C=O) groups excluding carboxylic acids is 2.